The Kier molecular flexibility index (Phi) is 7.11. The third-order valence-electron chi connectivity index (χ3n) is 3.52. The highest BCUT2D eigenvalue weighted by Gasteiger charge is 2.11. The van der Waals surface area contributed by atoms with Crippen molar-refractivity contribution >= 4 is 17.4 Å². The fourth-order valence-electron chi connectivity index (χ4n) is 2.01. The van der Waals surface area contributed by atoms with Gasteiger partial charge < -0.3 is 4.90 Å². The van der Waals surface area contributed by atoms with Crippen LogP contribution in [0.15, 0.2) is 24.3 Å². The summed E-state index contributed by atoms with van der Waals surface area (Å²) in [6.07, 6.45) is 1.74. The summed E-state index contributed by atoms with van der Waals surface area (Å²) in [5.41, 5.74) is 0.715. The van der Waals surface area contributed by atoms with Gasteiger partial charge in [0.1, 0.15) is 0 Å². The van der Waals surface area contributed by atoms with E-state index in [2.05, 4.69) is 25.7 Å². The molecule has 1 rings (SSSR count). The standard InChI is InChI=1S/C16H24ClNO/c1-4-13(3)12-18(5-2)10-9-16(19)14-7-6-8-15(17)11-14/h6-8,11,13H,4-5,9-10,12H2,1-3H3. The third-order valence-corrected chi connectivity index (χ3v) is 3.75. The van der Waals surface area contributed by atoms with E-state index in [9.17, 15) is 4.79 Å². The summed E-state index contributed by atoms with van der Waals surface area (Å²) < 4.78 is 0. The largest absolute Gasteiger partial charge is 0.303 e. The minimum absolute atomic E-state index is 0.171. The molecule has 19 heavy (non-hydrogen) atoms. The Balaban J connectivity index is 2.48. The van der Waals surface area contributed by atoms with Gasteiger partial charge in [-0.25, -0.2) is 0 Å². The van der Waals surface area contributed by atoms with E-state index in [0.29, 0.717) is 22.9 Å². The first kappa shape index (κ1) is 16.2. The van der Waals surface area contributed by atoms with E-state index in [1.807, 2.05) is 12.1 Å². The van der Waals surface area contributed by atoms with Crippen molar-refractivity contribution in [1.82, 2.24) is 4.90 Å². The van der Waals surface area contributed by atoms with Crippen LogP contribution in [0.4, 0.5) is 0 Å². The summed E-state index contributed by atoms with van der Waals surface area (Å²) in [7, 11) is 0. The van der Waals surface area contributed by atoms with Crippen LogP contribution in [0.25, 0.3) is 0 Å². The number of carbonyl (C=O) groups excluding carboxylic acids is 1. The van der Waals surface area contributed by atoms with Crippen molar-refractivity contribution in [3.8, 4) is 0 Å². The first-order valence-electron chi connectivity index (χ1n) is 7.07. The molecule has 0 aliphatic heterocycles. The van der Waals surface area contributed by atoms with Crippen molar-refractivity contribution in [2.75, 3.05) is 19.6 Å². The van der Waals surface area contributed by atoms with Gasteiger partial charge in [-0.15, -0.1) is 0 Å². The highest BCUT2D eigenvalue weighted by atomic mass is 35.5. The average molecular weight is 282 g/mol. The molecule has 0 radical (unpaired) electrons. The van der Waals surface area contributed by atoms with E-state index < -0.39 is 0 Å². The van der Waals surface area contributed by atoms with Crippen LogP contribution >= 0.6 is 11.6 Å². The average Bonchev–Trinajstić information content (AvgIpc) is 2.42. The smallest absolute Gasteiger partial charge is 0.164 e. The van der Waals surface area contributed by atoms with Crippen molar-refractivity contribution in [2.24, 2.45) is 5.92 Å². The quantitative estimate of drug-likeness (QED) is 0.663. The number of halogens is 1. The highest BCUT2D eigenvalue weighted by Crippen LogP contribution is 2.13. The van der Waals surface area contributed by atoms with Crippen molar-refractivity contribution in [3.63, 3.8) is 0 Å². The normalized spacial score (nSPS) is 12.7. The zero-order valence-corrected chi connectivity index (χ0v) is 12.9. The molecule has 0 aliphatic carbocycles. The van der Waals surface area contributed by atoms with Crippen LogP contribution in [0.3, 0.4) is 0 Å². The van der Waals surface area contributed by atoms with Gasteiger partial charge in [-0.3, -0.25) is 4.79 Å². The Morgan fingerprint density at radius 3 is 2.68 bits per heavy atom. The van der Waals surface area contributed by atoms with Crippen LogP contribution < -0.4 is 0 Å². The molecule has 1 unspecified atom stereocenters. The molecule has 1 atom stereocenters. The summed E-state index contributed by atoms with van der Waals surface area (Å²) in [6.45, 7) is 9.48. The first-order chi connectivity index (χ1) is 9.06. The minimum Gasteiger partial charge on any atom is -0.303 e. The highest BCUT2D eigenvalue weighted by molar-refractivity contribution is 6.31. The third kappa shape index (κ3) is 5.75. The van der Waals surface area contributed by atoms with Crippen LogP contribution in [-0.2, 0) is 0 Å². The second-order valence-corrected chi connectivity index (χ2v) is 5.53. The molecule has 0 bridgehead atoms. The molecule has 2 nitrogen and oxygen atoms in total. The molecule has 0 aliphatic rings. The fourth-order valence-corrected chi connectivity index (χ4v) is 2.20. The van der Waals surface area contributed by atoms with Crippen LogP contribution in [0.5, 0.6) is 0 Å². The SMILES string of the molecule is CCC(C)CN(CC)CCC(=O)c1cccc(Cl)c1. The lowest BCUT2D eigenvalue weighted by Gasteiger charge is -2.23. The number of hydrogen-bond acceptors (Lipinski definition) is 2. The zero-order valence-electron chi connectivity index (χ0n) is 12.2. The molecule has 0 amide bonds. The van der Waals surface area contributed by atoms with Gasteiger partial charge in [-0.05, 0) is 24.6 Å². The summed E-state index contributed by atoms with van der Waals surface area (Å²) >= 11 is 5.90. The van der Waals surface area contributed by atoms with E-state index in [-0.39, 0.29) is 5.78 Å². The van der Waals surface area contributed by atoms with Crippen LogP contribution in [0.2, 0.25) is 5.02 Å². The van der Waals surface area contributed by atoms with Gasteiger partial charge in [-0.1, -0.05) is 50.9 Å². The van der Waals surface area contributed by atoms with Crippen LogP contribution in [0, 0.1) is 5.92 Å². The Bertz CT molecular complexity index is 405. The Labute approximate surface area is 121 Å². The molecule has 0 saturated heterocycles. The first-order valence-corrected chi connectivity index (χ1v) is 7.45. The molecule has 0 N–H and O–H groups in total. The topological polar surface area (TPSA) is 20.3 Å². The van der Waals surface area contributed by atoms with Gasteiger partial charge in [0, 0.05) is 30.1 Å². The van der Waals surface area contributed by atoms with Crippen molar-refractivity contribution in [2.45, 2.75) is 33.6 Å². The zero-order chi connectivity index (χ0) is 14.3. The van der Waals surface area contributed by atoms with E-state index in [4.69, 9.17) is 11.6 Å². The summed E-state index contributed by atoms with van der Waals surface area (Å²) in [5.74, 6) is 0.853. The molecule has 0 fully saturated rings. The monoisotopic (exact) mass is 281 g/mol. The molecule has 0 aromatic heterocycles. The number of Topliss-reactive ketones (excluding diaryl/α,β-unsaturated/α-hetero) is 1. The van der Waals surface area contributed by atoms with Gasteiger partial charge in [-0.2, -0.15) is 0 Å². The summed E-state index contributed by atoms with van der Waals surface area (Å²) in [4.78, 5) is 14.4. The summed E-state index contributed by atoms with van der Waals surface area (Å²) in [6, 6.07) is 7.19. The number of hydrogen-bond donors (Lipinski definition) is 0. The molecule has 1 aromatic carbocycles. The van der Waals surface area contributed by atoms with E-state index in [1.54, 1.807) is 12.1 Å². The number of ketones is 1. The van der Waals surface area contributed by atoms with Gasteiger partial charge in [0.25, 0.3) is 0 Å². The number of rotatable bonds is 8. The van der Waals surface area contributed by atoms with Gasteiger partial charge in [0.2, 0.25) is 0 Å². The van der Waals surface area contributed by atoms with Crippen molar-refractivity contribution in [3.05, 3.63) is 34.9 Å². The second kappa shape index (κ2) is 8.34. The predicted molar refractivity (Wildman–Crippen MR) is 82.0 cm³/mol. The maximum atomic E-state index is 12.1. The Morgan fingerprint density at radius 2 is 2.11 bits per heavy atom. The molecular weight excluding hydrogens is 258 g/mol. The van der Waals surface area contributed by atoms with E-state index in [0.717, 1.165) is 19.6 Å². The second-order valence-electron chi connectivity index (χ2n) is 5.09. The predicted octanol–water partition coefficient (Wildman–Crippen LogP) is 4.28. The van der Waals surface area contributed by atoms with Gasteiger partial charge in [0.15, 0.2) is 5.78 Å². The molecule has 3 heteroatoms. The summed E-state index contributed by atoms with van der Waals surface area (Å²) in [5, 5.41) is 0.623. The lowest BCUT2D eigenvalue weighted by Crippen LogP contribution is -2.30. The Morgan fingerprint density at radius 1 is 1.37 bits per heavy atom. The number of benzene rings is 1. The van der Waals surface area contributed by atoms with Gasteiger partial charge >= 0.3 is 0 Å². The van der Waals surface area contributed by atoms with E-state index in [1.165, 1.54) is 6.42 Å². The van der Waals surface area contributed by atoms with Crippen LogP contribution in [0.1, 0.15) is 44.0 Å². The molecule has 0 saturated carbocycles. The van der Waals surface area contributed by atoms with Crippen LogP contribution in [-0.4, -0.2) is 30.3 Å². The van der Waals surface area contributed by atoms with Crippen molar-refractivity contribution in [1.29, 1.82) is 0 Å². The maximum absolute atomic E-state index is 12.1. The molecule has 0 spiro atoms. The molecule has 106 valence electrons. The maximum Gasteiger partial charge on any atom is 0.164 e. The fraction of sp³-hybridized carbons (Fsp3) is 0.562. The molecule has 0 heterocycles. The lowest BCUT2D eigenvalue weighted by molar-refractivity contribution is 0.0961. The number of carbonyl (C=O) groups is 1. The molecule has 1 aromatic rings. The van der Waals surface area contributed by atoms with E-state index >= 15 is 0 Å². The minimum atomic E-state index is 0.171. The molecular formula is C16H24ClNO. The lowest BCUT2D eigenvalue weighted by atomic mass is 10.1. The van der Waals surface area contributed by atoms with Gasteiger partial charge in [0.05, 0.1) is 0 Å². The Hall–Kier alpha value is -0.860. The van der Waals surface area contributed by atoms with Crippen molar-refractivity contribution < 1.29 is 4.79 Å². The number of nitrogens with zero attached hydrogens (tertiary/aromatic N) is 1.